The fraction of sp³-hybridized carbons (Fsp3) is 0.474. The zero-order valence-electron chi connectivity index (χ0n) is 14.0. The SMILES string of the molecule is [O-][S@@+](NCCCN1CCCCC[C@H]1S)c1cccc2ccccc12. The Morgan fingerprint density at radius 2 is 1.96 bits per heavy atom. The van der Waals surface area contributed by atoms with E-state index in [0.29, 0.717) is 5.37 Å². The highest BCUT2D eigenvalue weighted by molar-refractivity contribution is 7.89. The van der Waals surface area contributed by atoms with Gasteiger partial charge < -0.3 is 4.55 Å². The average Bonchev–Trinajstić information content (AvgIpc) is 2.82. The molecular weight excluding hydrogens is 336 g/mol. The van der Waals surface area contributed by atoms with Gasteiger partial charge in [-0.2, -0.15) is 12.6 Å². The van der Waals surface area contributed by atoms with E-state index in [1.807, 2.05) is 30.3 Å². The van der Waals surface area contributed by atoms with Gasteiger partial charge in [-0.25, -0.2) is 0 Å². The molecule has 3 rings (SSSR count). The number of likely N-dealkylation sites (tertiary alicyclic amines) is 1. The lowest BCUT2D eigenvalue weighted by Crippen LogP contribution is -2.34. The van der Waals surface area contributed by atoms with E-state index in [4.69, 9.17) is 12.6 Å². The normalized spacial score (nSPS) is 20.8. The summed E-state index contributed by atoms with van der Waals surface area (Å²) in [6, 6.07) is 14.1. The number of benzene rings is 2. The van der Waals surface area contributed by atoms with Crippen LogP contribution in [0.1, 0.15) is 32.1 Å². The third kappa shape index (κ3) is 4.67. The molecule has 1 N–H and O–H groups in total. The Morgan fingerprint density at radius 1 is 1.12 bits per heavy atom. The zero-order valence-corrected chi connectivity index (χ0v) is 15.7. The molecule has 1 heterocycles. The van der Waals surface area contributed by atoms with Gasteiger partial charge in [0.15, 0.2) is 4.90 Å². The zero-order chi connectivity index (χ0) is 16.8. The van der Waals surface area contributed by atoms with Crippen LogP contribution in [0.2, 0.25) is 0 Å². The van der Waals surface area contributed by atoms with Gasteiger partial charge in [-0.3, -0.25) is 4.90 Å². The number of fused-ring (bicyclic) bond motifs is 1. The largest absolute Gasteiger partial charge is 0.593 e. The minimum Gasteiger partial charge on any atom is -0.593 e. The van der Waals surface area contributed by atoms with E-state index in [0.717, 1.165) is 41.7 Å². The van der Waals surface area contributed by atoms with E-state index in [1.165, 1.54) is 25.7 Å². The quantitative estimate of drug-likeness (QED) is 0.464. The molecule has 0 aromatic heterocycles. The predicted molar refractivity (Wildman–Crippen MR) is 106 cm³/mol. The fourth-order valence-electron chi connectivity index (χ4n) is 3.29. The molecule has 5 heteroatoms. The van der Waals surface area contributed by atoms with Crippen LogP contribution in [0, 0.1) is 0 Å². The second kappa shape index (κ2) is 9.11. The Bertz CT molecular complexity index is 647. The average molecular weight is 363 g/mol. The first-order chi connectivity index (χ1) is 11.8. The van der Waals surface area contributed by atoms with Crippen molar-refractivity contribution in [1.82, 2.24) is 9.62 Å². The fourth-order valence-corrected chi connectivity index (χ4v) is 4.78. The van der Waals surface area contributed by atoms with Gasteiger partial charge in [-0.15, -0.1) is 4.72 Å². The van der Waals surface area contributed by atoms with Crippen LogP contribution in [-0.4, -0.2) is 34.5 Å². The summed E-state index contributed by atoms with van der Waals surface area (Å²) in [6.07, 6.45) is 6.05. The van der Waals surface area contributed by atoms with E-state index in [-0.39, 0.29) is 0 Å². The molecule has 0 saturated carbocycles. The summed E-state index contributed by atoms with van der Waals surface area (Å²) in [5, 5.41) is 2.58. The van der Waals surface area contributed by atoms with Gasteiger partial charge in [0.2, 0.25) is 0 Å². The van der Waals surface area contributed by atoms with Gasteiger partial charge in [-0.1, -0.05) is 43.2 Å². The van der Waals surface area contributed by atoms with Crippen LogP contribution < -0.4 is 4.72 Å². The maximum atomic E-state index is 12.6. The Labute approximate surface area is 153 Å². The van der Waals surface area contributed by atoms with Crippen LogP contribution >= 0.6 is 12.6 Å². The third-order valence-corrected chi connectivity index (χ3v) is 6.44. The molecule has 0 spiro atoms. The topological polar surface area (TPSA) is 38.3 Å². The molecular formula is C19H26N2OS2. The van der Waals surface area contributed by atoms with Gasteiger partial charge in [0, 0.05) is 18.5 Å². The van der Waals surface area contributed by atoms with Gasteiger partial charge in [0.1, 0.15) is 0 Å². The number of hydrogen-bond acceptors (Lipinski definition) is 4. The van der Waals surface area contributed by atoms with E-state index in [2.05, 4.69) is 21.8 Å². The van der Waals surface area contributed by atoms with Gasteiger partial charge >= 0.3 is 0 Å². The Morgan fingerprint density at radius 3 is 2.88 bits per heavy atom. The summed E-state index contributed by atoms with van der Waals surface area (Å²) in [5.74, 6) is 0. The van der Waals surface area contributed by atoms with Crippen molar-refractivity contribution in [3.05, 3.63) is 42.5 Å². The molecule has 0 amide bonds. The summed E-state index contributed by atoms with van der Waals surface area (Å²) >= 11 is 3.55. The molecule has 1 saturated heterocycles. The Balaban J connectivity index is 1.51. The van der Waals surface area contributed by atoms with E-state index < -0.39 is 11.4 Å². The van der Waals surface area contributed by atoms with Crippen LogP contribution in [0.25, 0.3) is 10.8 Å². The highest BCUT2D eigenvalue weighted by Crippen LogP contribution is 2.23. The van der Waals surface area contributed by atoms with E-state index in [9.17, 15) is 4.55 Å². The molecule has 0 bridgehead atoms. The van der Waals surface area contributed by atoms with Crippen LogP contribution in [-0.2, 0) is 11.4 Å². The van der Waals surface area contributed by atoms with E-state index in [1.54, 1.807) is 0 Å². The van der Waals surface area contributed by atoms with Crippen molar-refractivity contribution < 1.29 is 4.55 Å². The molecule has 2 aromatic rings. The molecule has 2 atom stereocenters. The van der Waals surface area contributed by atoms with Crippen molar-refractivity contribution >= 4 is 34.8 Å². The number of nitrogens with zero attached hydrogens (tertiary/aromatic N) is 1. The maximum Gasteiger partial charge on any atom is 0.181 e. The Kier molecular flexibility index (Phi) is 6.86. The highest BCUT2D eigenvalue weighted by Gasteiger charge is 2.18. The second-order valence-electron chi connectivity index (χ2n) is 6.36. The van der Waals surface area contributed by atoms with Crippen LogP contribution in [0.15, 0.2) is 47.4 Å². The molecule has 0 radical (unpaired) electrons. The summed E-state index contributed by atoms with van der Waals surface area (Å²) in [4.78, 5) is 3.33. The minimum absolute atomic E-state index is 0.385. The summed E-state index contributed by atoms with van der Waals surface area (Å²) in [7, 11) is 0. The Hall–Kier alpha value is -0.720. The van der Waals surface area contributed by atoms with Crippen LogP contribution in [0.3, 0.4) is 0 Å². The highest BCUT2D eigenvalue weighted by atomic mass is 32.2. The lowest BCUT2D eigenvalue weighted by Gasteiger charge is -2.26. The number of hydrogen-bond donors (Lipinski definition) is 2. The first-order valence-electron chi connectivity index (χ1n) is 8.81. The molecule has 1 aliphatic heterocycles. The summed E-state index contributed by atoms with van der Waals surface area (Å²) < 4.78 is 15.8. The monoisotopic (exact) mass is 362 g/mol. The summed E-state index contributed by atoms with van der Waals surface area (Å²) in [5.41, 5.74) is 0. The standard InChI is InChI=1S/C19H26N2OS2/c22-24(18-11-6-9-16-8-3-4-10-17(16)18)20-13-7-15-21-14-5-1-2-12-19(21)23/h3-4,6,8-11,19-20,23H,1-2,5,7,12-15H2/t19-,24-/m1/s1. The molecule has 130 valence electrons. The van der Waals surface area contributed by atoms with Crippen molar-refractivity contribution in [2.24, 2.45) is 0 Å². The van der Waals surface area contributed by atoms with Crippen molar-refractivity contribution in [3.8, 4) is 0 Å². The second-order valence-corrected chi connectivity index (χ2v) is 8.22. The molecule has 1 fully saturated rings. The lowest BCUT2D eigenvalue weighted by molar-refractivity contribution is 0.261. The molecule has 3 nitrogen and oxygen atoms in total. The number of nitrogens with one attached hydrogen (secondary N) is 1. The number of rotatable bonds is 6. The molecule has 2 aromatic carbocycles. The van der Waals surface area contributed by atoms with Crippen molar-refractivity contribution in [2.75, 3.05) is 19.6 Å². The van der Waals surface area contributed by atoms with Crippen molar-refractivity contribution in [2.45, 2.75) is 42.4 Å². The van der Waals surface area contributed by atoms with Crippen molar-refractivity contribution in [3.63, 3.8) is 0 Å². The third-order valence-electron chi connectivity index (χ3n) is 4.63. The van der Waals surface area contributed by atoms with Crippen LogP contribution in [0.5, 0.6) is 0 Å². The molecule has 0 aliphatic carbocycles. The molecule has 0 unspecified atom stereocenters. The van der Waals surface area contributed by atoms with Gasteiger partial charge in [-0.05, 0) is 43.3 Å². The molecule has 1 aliphatic rings. The predicted octanol–water partition coefficient (Wildman–Crippen LogP) is 3.97. The number of thiol groups is 1. The first-order valence-corrected chi connectivity index (χ1v) is 10.5. The summed E-state index contributed by atoms with van der Waals surface area (Å²) in [6.45, 7) is 2.92. The van der Waals surface area contributed by atoms with Gasteiger partial charge in [0.05, 0.1) is 16.7 Å². The first kappa shape index (κ1) is 18.1. The maximum absolute atomic E-state index is 12.6. The van der Waals surface area contributed by atoms with Crippen molar-refractivity contribution in [1.29, 1.82) is 0 Å². The lowest BCUT2D eigenvalue weighted by atomic mass is 10.1. The van der Waals surface area contributed by atoms with E-state index >= 15 is 0 Å². The molecule has 24 heavy (non-hydrogen) atoms. The minimum atomic E-state index is -1.16. The van der Waals surface area contributed by atoms with Crippen LogP contribution in [0.4, 0.5) is 0 Å². The van der Waals surface area contributed by atoms with Gasteiger partial charge in [0.25, 0.3) is 0 Å². The smallest absolute Gasteiger partial charge is 0.181 e.